The largest absolute Gasteiger partial charge is 0.313 e. The average molecular weight is 470 g/mol. The van der Waals surface area contributed by atoms with Gasteiger partial charge in [-0.25, -0.2) is 4.98 Å². The third-order valence-electron chi connectivity index (χ3n) is 5.59. The molecular formula is C24H24ClN3OS2. The standard InChI is InChI=1S/C24H23N3OS2.ClH/c1-15(2)27-13-12-17-20(14-27)30-24(26-22(28)16-8-4-3-5-9-16)21(17)23-25-18-10-6-7-11-19(18)29-23;/h3-11,15H,12-14H2,1-2H3,(H,26,28);1H. The minimum atomic E-state index is -0.0720. The van der Waals surface area contributed by atoms with E-state index in [1.165, 1.54) is 15.1 Å². The summed E-state index contributed by atoms with van der Waals surface area (Å²) in [6, 6.07) is 18.1. The van der Waals surface area contributed by atoms with Crippen molar-refractivity contribution >= 4 is 56.2 Å². The summed E-state index contributed by atoms with van der Waals surface area (Å²) in [5, 5.41) is 5.11. The molecule has 1 amide bonds. The number of benzene rings is 2. The number of nitrogens with one attached hydrogen (secondary N) is 1. The lowest BCUT2D eigenvalue weighted by Gasteiger charge is -2.30. The Morgan fingerprint density at radius 1 is 1.06 bits per heavy atom. The van der Waals surface area contributed by atoms with E-state index in [9.17, 15) is 4.79 Å². The third kappa shape index (κ3) is 4.26. The van der Waals surface area contributed by atoms with Crippen LogP contribution >= 0.6 is 35.1 Å². The molecule has 0 spiro atoms. The van der Waals surface area contributed by atoms with Crippen LogP contribution in [0.5, 0.6) is 0 Å². The molecule has 0 aliphatic carbocycles. The van der Waals surface area contributed by atoms with Crippen molar-refractivity contribution in [1.82, 2.24) is 9.88 Å². The molecule has 160 valence electrons. The number of hydrogen-bond donors (Lipinski definition) is 1. The molecule has 1 aliphatic heterocycles. The molecule has 7 heteroatoms. The van der Waals surface area contributed by atoms with Crippen molar-refractivity contribution in [3.63, 3.8) is 0 Å². The van der Waals surface area contributed by atoms with E-state index in [4.69, 9.17) is 4.98 Å². The predicted molar refractivity (Wildman–Crippen MR) is 134 cm³/mol. The fraction of sp³-hybridized carbons (Fsp3) is 0.250. The zero-order valence-corrected chi connectivity index (χ0v) is 19.9. The van der Waals surface area contributed by atoms with Crippen LogP contribution in [0, 0.1) is 0 Å². The predicted octanol–water partition coefficient (Wildman–Crippen LogP) is 6.47. The van der Waals surface area contributed by atoms with Crippen LogP contribution in [0.4, 0.5) is 5.00 Å². The lowest BCUT2D eigenvalue weighted by molar-refractivity contribution is 0.102. The molecule has 5 rings (SSSR count). The number of thiazole rings is 1. The van der Waals surface area contributed by atoms with Crippen molar-refractivity contribution in [3.05, 3.63) is 70.6 Å². The highest BCUT2D eigenvalue weighted by Gasteiger charge is 2.28. The number of rotatable bonds is 4. The number of nitrogens with zero attached hydrogens (tertiary/aromatic N) is 2. The molecule has 0 bridgehead atoms. The Labute approximate surface area is 196 Å². The van der Waals surface area contributed by atoms with E-state index < -0.39 is 0 Å². The van der Waals surface area contributed by atoms with Crippen LogP contribution < -0.4 is 5.32 Å². The Morgan fingerprint density at radius 2 is 1.81 bits per heavy atom. The summed E-state index contributed by atoms with van der Waals surface area (Å²) in [6.45, 7) is 6.44. The smallest absolute Gasteiger partial charge is 0.256 e. The quantitative estimate of drug-likeness (QED) is 0.372. The van der Waals surface area contributed by atoms with Crippen LogP contribution in [0.1, 0.15) is 34.6 Å². The highest BCUT2D eigenvalue weighted by molar-refractivity contribution is 7.23. The number of halogens is 1. The molecule has 0 saturated carbocycles. The summed E-state index contributed by atoms with van der Waals surface area (Å²) in [4.78, 5) is 21.7. The van der Waals surface area contributed by atoms with Crippen molar-refractivity contribution in [3.8, 4) is 10.6 Å². The van der Waals surface area contributed by atoms with Crippen molar-refractivity contribution in [2.75, 3.05) is 11.9 Å². The second-order valence-corrected chi connectivity index (χ2v) is 9.96. The fourth-order valence-corrected chi connectivity index (χ4v) is 6.30. The number of para-hydroxylation sites is 1. The molecule has 0 atom stereocenters. The van der Waals surface area contributed by atoms with E-state index in [-0.39, 0.29) is 18.3 Å². The van der Waals surface area contributed by atoms with Gasteiger partial charge in [0.05, 0.1) is 10.2 Å². The van der Waals surface area contributed by atoms with E-state index in [1.807, 2.05) is 42.5 Å². The van der Waals surface area contributed by atoms with Gasteiger partial charge in [0.15, 0.2) is 0 Å². The highest BCUT2D eigenvalue weighted by Crippen LogP contribution is 2.46. The Bertz CT molecular complexity index is 1180. The lowest BCUT2D eigenvalue weighted by atomic mass is 10.0. The number of fused-ring (bicyclic) bond motifs is 2. The number of aromatic nitrogens is 1. The van der Waals surface area contributed by atoms with E-state index in [0.717, 1.165) is 40.6 Å². The first-order valence-corrected chi connectivity index (χ1v) is 11.8. The first-order chi connectivity index (χ1) is 14.6. The molecule has 1 N–H and O–H groups in total. The van der Waals surface area contributed by atoms with Crippen molar-refractivity contribution in [2.45, 2.75) is 32.9 Å². The third-order valence-corrected chi connectivity index (χ3v) is 7.77. The van der Waals surface area contributed by atoms with E-state index in [0.29, 0.717) is 11.6 Å². The van der Waals surface area contributed by atoms with Gasteiger partial charge in [0.1, 0.15) is 10.0 Å². The molecule has 4 nitrogen and oxygen atoms in total. The normalized spacial score (nSPS) is 13.8. The van der Waals surface area contributed by atoms with Gasteiger partial charge >= 0.3 is 0 Å². The Morgan fingerprint density at radius 3 is 2.55 bits per heavy atom. The number of amides is 1. The Hall–Kier alpha value is -2.25. The second kappa shape index (κ2) is 9.09. The Kier molecular flexibility index (Phi) is 6.44. The number of anilines is 1. The van der Waals surface area contributed by atoms with Crippen LogP contribution in [0.2, 0.25) is 0 Å². The highest BCUT2D eigenvalue weighted by atomic mass is 35.5. The monoisotopic (exact) mass is 469 g/mol. The van der Waals surface area contributed by atoms with Gasteiger partial charge in [-0.05, 0) is 50.1 Å². The SMILES string of the molecule is CC(C)N1CCc2c(sc(NC(=O)c3ccccc3)c2-c2nc3ccccc3s2)C1.Cl. The van der Waals surface area contributed by atoms with Crippen LogP contribution in [0.25, 0.3) is 20.8 Å². The van der Waals surface area contributed by atoms with E-state index in [1.54, 1.807) is 22.7 Å². The van der Waals surface area contributed by atoms with E-state index in [2.05, 4.69) is 36.2 Å². The van der Waals surface area contributed by atoms with Crippen LogP contribution in [-0.4, -0.2) is 28.4 Å². The second-order valence-electron chi connectivity index (χ2n) is 7.83. The van der Waals surface area contributed by atoms with Gasteiger partial charge in [0.2, 0.25) is 0 Å². The van der Waals surface area contributed by atoms with Crippen LogP contribution in [0.15, 0.2) is 54.6 Å². The van der Waals surface area contributed by atoms with Gasteiger partial charge in [-0.15, -0.1) is 35.1 Å². The summed E-state index contributed by atoms with van der Waals surface area (Å²) in [6.07, 6.45) is 0.983. The molecule has 2 aromatic carbocycles. The molecular weight excluding hydrogens is 446 g/mol. The van der Waals surface area contributed by atoms with Crippen molar-refractivity contribution < 1.29 is 4.79 Å². The van der Waals surface area contributed by atoms with Gasteiger partial charge in [-0.1, -0.05) is 30.3 Å². The average Bonchev–Trinajstić information content (AvgIpc) is 3.34. The van der Waals surface area contributed by atoms with Crippen LogP contribution in [-0.2, 0) is 13.0 Å². The Balaban J connectivity index is 0.00000231. The number of carbonyl (C=O) groups is 1. The van der Waals surface area contributed by atoms with Gasteiger partial charge in [-0.3, -0.25) is 9.69 Å². The van der Waals surface area contributed by atoms with Crippen molar-refractivity contribution in [1.29, 1.82) is 0 Å². The maximum atomic E-state index is 12.9. The van der Waals surface area contributed by atoms with Gasteiger partial charge in [0, 0.05) is 35.1 Å². The topological polar surface area (TPSA) is 45.2 Å². The van der Waals surface area contributed by atoms with Crippen molar-refractivity contribution in [2.24, 2.45) is 0 Å². The summed E-state index contributed by atoms with van der Waals surface area (Å²) < 4.78 is 1.17. The summed E-state index contributed by atoms with van der Waals surface area (Å²) in [5.41, 5.74) is 4.14. The minimum Gasteiger partial charge on any atom is -0.313 e. The summed E-state index contributed by atoms with van der Waals surface area (Å²) >= 11 is 3.41. The number of carbonyl (C=O) groups excluding carboxylic acids is 1. The maximum absolute atomic E-state index is 12.9. The van der Waals surface area contributed by atoms with Gasteiger partial charge in [-0.2, -0.15) is 0 Å². The number of hydrogen-bond acceptors (Lipinski definition) is 5. The molecule has 0 unspecified atom stereocenters. The van der Waals surface area contributed by atoms with Gasteiger partial charge in [0.25, 0.3) is 5.91 Å². The maximum Gasteiger partial charge on any atom is 0.256 e. The molecule has 3 heterocycles. The zero-order valence-electron chi connectivity index (χ0n) is 17.4. The van der Waals surface area contributed by atoms with Crippen LogP contribution in [0.3, 0.4) is 0 Å². The minimum absolute atomic E-state index is 0. The first-order valence-electron chi connectivity index (χ1n) is 10.2. The van der Waals surface area contributed by atoms with Gasteiger partial charge < -0.3 is 5.32 Å². The van der Waals surface area contributed by atoms with E-state index >= 15 is 0 Å². The molecule has 1 aliphatic rings. The first kappa shape index (κ1) is 22.0. The summed E-state index contributed by atoms with van der Waals surface area (Å²) in [7, 11) is 0. The summed E-state index contributed by atoms with van der Waals surface area (Å²) in [5.74, 6) is -0.0720. The molecule has 2 aromatic heterocycles. The molecule has 0 saturated heterocycles. The lowest BCUT2D eigenvalue weighted by Crippen LogP contribution is -2.35. The number of thiophene rings is 1. The molecule has 31 heavy (non-hydrogen) atoms. The zero-order chi connectivity index (χ0) is 20.7. The molecule has 4 aromatic rings. The fourth-order valence-electron chi connectivity index (χ4n) is 3.92. The molecule has 0 fully saturated rings. The molecule has 0 radical (unpaired) electrons.